The van der Waals surface area contributed by atoms with Gasteiger partial charge in [0.05, 0.1) is 17.4 Å². The van der Waals surface area contributed by atoms with Crippen LogP contribution in [0.1, 0.15) is 30.0 Å². The number of fused-ring (bicyclic) bond motifs is 1. The number of nitrogens with one attached hydrogen (secondary N) is 1. The average molecular weight is 381 g/mol. The summed E-state index contributed by atoms with van der Waals surface area (Å²) in [6.45, 7) is 3.57. The molecule has 6 nitrogen and oxygen atoms in total. The van der Waals surface area contributed by atoms with Gasteiger partial charge in [-0.2, -0.15) is 0 Å². The quantitative estimate of drug-likeness (QED) is 0.570. The zero-order valence-electron chi connectivity index (χ0n) is 15.9. The summed E-state index contributed by atoms with van der Waals surface area (Å²) in [4.78, 5) is 24.7. The molecule has 0 saturated heterocycles. The van der Waals surface area contributed by atoms with Gasteiger partial charge in [-0.05, 0) is 37.8 Å². The molecule has 0 aliphatic heterocycles. The van der Waals surface area contributed by atoms with Crippen molar-refractivity contribution in [2.45, 2.75) is 39.2 Å². The smallest absolute Gasteiger partial charge is 0.340 e. The maximum Gasteiger partial charge on any atom is 0.340 e. The summed E-state index contributed by atoms with van der Waals surface area (Å²) in [5.74, 6) is -0.687. The molecule has 1 atom stereocenters. The van der Waals surface area contributed by atoms with Gasteiger partial charge in [-0.3, -0.25) is 4.79 Å². The lowest BCUT2D eigenvalue weighted by Crippen LogP contribution is -2.35. The van der Waals surface area contributed by atoms with Crippen LogP contribution in [-0.4, -0.2) is 22.2 Å². The average Bonchev–Trinajstić information content (AvgIpc) is 2.63. The van der Waals surface area contributed by atoms with Crippen LogP contribution in [0.4, 0.5) is 0 Å². The Morgan fingerprint density at radius 2 is 1.89 bits per heavy atom. The van der Waals surface area contributed by atoms with Gasteiger partial charge < -0.3 is 19.9 Å². The number of amides is 1. The van der Waals surface area contributed by atoms with E-state index in [1.807, 2.05) is 37.3 Å². The van der Waals surface area contributed by atoms with Gasteiger partial charge in [-0.1, -0.05) is 30.3 Å². The Bertz CT molecular complexity index is 1060. The molecule has 3 rings (SSSR count). The number of phenols is 2. The van der Waals surface area contributed by atoms with Crippen molar-refractivity contribution in [3.8, 4) is 11.5 Å². The van der Waals surface area contributed by atoms with Gasteiger partial charge in [0.1, 0.15) is 17.1 Å². The van der Waals surface area contributed by atoms with E-state index in [2.05, 4.69) is 5.32 Å². The summed E-state index contributed by atoms with van der Waals surface area (Å²) in [6, 6.07) is 12.4. The molecule has 1 aromatic heterocycles. The lowest BCUT2D eigenvalue weighted by atomic mass is 10.0. The number of aromatic hydroxyl groups is 2. The molecule has 0 saturated carbocycles. The van der Waals surface area contributed by atoms with Crippen molar-refractivity contribution >= 4 is 16.9 Å². The molecule has 1 amide bonds. The Morgan fingerprint density at radius 1 is 1.18 bits per heavy atom. The lowest BCUT2D eigenvalue weighted by molar-refractivity contribution is -0.121. The second kappa shape index (κ2) is 8.17. The first kappa shape index (κ1) is 19.5. The highest BCUT2D eigenvalue weighted by atomic mass is 16.4. The summed E-state index contributed by atoms with van der Waals surface area (Å²) >= 11 is 0. The van der Waals surface area contributed by atoms with Crippen molar-refractivity contribution in [1.82, 2.24) is 5.32 Å². The van der Waals surface area contributed by atoms with Gasteiger partial charge in [-0.25, -0.2) is 4.79 Å². The van der Waals surface area contributed by atoms with E-state index in [9.17, 15) is 19.8 Å². The molecule has 1 heterocycles. The molecule has 0 bridgehead atoms. The number of hydrogen-bond donors (Lipinski definition) is 3. The van der Waals surface area contributed by atoms with Gasteiger partial charge in [-0.15, -0.1) is 0 Å². The molecule has 0 radical (unpaired) electrons. The Balaban J connectivity index is 1.71. The first-order valence-electron chi connectivity index (χ1n) is 9.16. The van der Waals surface area contributed by atoms with Gasteiger partial charge in [0.15, 0.2) is 0 Å². The highest BCUT2D eigenvalue weighted by molar-refractivity contribution is 5.90. The molecule has 0 aliphatic carbocycles. The number of carbonyl (C=O) groups excluding carboxylic acids is 1. The molecular formula is C22H23NO5. The SMILES string of the molecule is Cc1c(CC(=O)NC(C)CCc2ccccc2)c(=O)oc2cc(O)cc(O)c12. The second-order valence-electron chi connectivity index (χ2n) is 7.00. The van der Waals surface area contributed by atoms with Crippen LogP contribution >= 0.6 is 0 Å². The van der Waals surface area contributed by atoms with Gasteiger partial charge in [0, 0.05) is 18.2 Å². The topological polar surface area (TPSA) is 99.8 Å². The summed E-state index contributed by atoms with van der Waals surface area (Å²) in [5, 5.41) is 22.9. The normalized spacial score (nSPS) is 12.1. The van der Waals surface area contributed by atoms with E-state index in [0.29, 0.717) is 10.9 Å². The minimum atomic E-state index is -0.651. The molecule has 6 heteroatoms. The molecule has 1 unspecified atom stereocenters. The largest absolute Gasteiger partial charge is 0.508 e. The van der Waals surface area contributed by atoms with Crippen molar-refractivity contribution in [2.24, 2.45) is 0 Å². The number of phenolic OH excluding ortho intramolecular Hbond substituents is 2. The van der Waals surface area contributed by atoms with Crippen LogP contribution in [-0.2, 0) is 17.6 Å². The minimum absolute atomic E-state index is 0.0501. The first-order valence-corrected chi connectivity index (χ1v) is 9.16. The predicted octanol–water partition coefficient (Wildman–Crippen LogP) is 3.19. The summed E-state index contributed by atoms with van der Waals surface area (Å²) < 4.78 is 5.19. The highest BCUT2D eigenvalue weighted by Gasteiger charge is 2.18. The molecule has 0 spiro atoms. The van der Waals surface area contributed by atoms with Crippen LogP contribution in [0.2, 0.25) is 0 Å². The van der Waals surface area contributed by atoms with Crippen molar-refractivity contribution in [1.29, 1.82) is 0 Å². The third kappa shape index (κ3) is 4.34. The maximum absolute atomic E-state index is 12.4. The number of hydrogen-bond acceptors (Lipinski definition) is 5. The van der Waals surface area contributed by atoms with E-state index in [-0.39, 0.29) is 41.0 Å². The van der Waals surface area contributed by atoms with Crippen molar-refractivity contribution < 1.29 is 19.4 Å². The Kier molecular flexibility index (Phi) is 5.68. The molecule has 3 aromatic rings. The minimum Gasteiger partial charge on any atom is -0.508 e. The van der Waals surface area contributed by atoms with Crippen molar-refractivity contribution in [3.63, 3.8) is 0 Å². The van der Waals surface area contributed by atoms with Gasteiger partial charge >= 0.3 is 5.63 Å². The van der Waals surface area contributed by atoms with E-state index in [0.717, 1.165) is 12.8 Å². The van der Waals surface area contributed by atoms with Crippen LogP contribution < -0.4 is 10.9 Å². The van der Waals surface area contributed by atoms with E-state index < -0.39 is 5.63 Å². The Morgan fingerprint density at radius 3 is 2.61 bits per heavy atom. The van der Waals surface area contributed by atoms with Crippen LogP contribution in [0.5, 0.6) is 11.5 Å². The Hall–Kier alpha value is -3.28. The second-order valence-corrected chi connectivity index (χ2v) is 7.00. The fourth-order valence-electron chi connectivity index (χ4n) is 3.30. The van der Waals surface area contributed by atoms with E-state index in [1.54, 1.807) is 6.92 Å². The molecule has 2 aromatic carbocycles. The molecule has 0 fully saturated rings. The number of aryl methyl sites for hydroxylation is 2. The monoisotopic (exact) mass is 381 g/mol. The van der Waals surface area contributed by atoms with Crippen molar-refractivity contribution in [3.05, 3.63) is 69.6 Å². The van der Waals surface area contributed by atoms with E-state index in [1.165, 1.54) is 17.7 Å². The lowest BCUT2D eigenvalue weighted by Gasteiger charge is -2.15. The number of carbonyl (C=O) groups is 1. The van der Waals surface area contributed by atoms with Crippen molar-refractivity contribution in [2.75, 3.05) is 0 Å². The van der Waals surface area contributed by atoms with E-state index >= 15 is 0 Å². The number of rotatable bonds is 6. The zero-order valence-corrected chi connectivity index (χ0v) is 15.9. The molecule has 146 valence electrons. The first-order chi connectivity index (χ1) is 13.3. The third-order valence-electron chi connectivity index (χ3n) is 4.80. The number of benzene rings is 2. The molecular weight excluding hydrogens is 358 g/mol. The Labute approximate surface area is 162 Å². The molecule has 3 N–H and O–H groups in total. The summed E-state index contributed by atoms with van der Waals surface area (Å²) in [5.41, 5.74) is 1.30. The standard InChI is InChI=1S/C22H23NO5/c1-13(8-9-15-6-4-3-5-7-15)23-20(26)12-17-14(2)21-18(25)10-16(24)11-19(21)28-22(17)27/h3-7,10-11,13,24-25H,8-9,12H2,1-2H3,(H,23,26). The van der Waals surface area contributed by atoms with Crippen LogP contribution in [0.15, 0.2) is 51.7 Å². The predicted molar refractivity (Wildman–Crippen MR) is 107 cm³/mol. The van der Waals surface area contributed by atoms with Crippen LogP contribution in [0, 0.1) is 6.92 Å². The molecule has 0 aliphatic rings. The van der Waals surface area contributed by atoms with Crippen LogP contribution in [0.3, 0.4) is 0 Å². The summed E-state index contributed by atoms with van der Waals surface area (Å²) in [6.07, 6.45) is 1.48. The van der Waals surface area contributed by atoms with E-state index in [4.69, 9.17) is 4.42 Å². The maximum atomic E-state index is 12.4. The van der Waals surface area contributed by atoms with Crippen LogP contribution in [0.25, 0.3) is 11.0 Å². The third-order valence-corrected chi connectivity index (χ3v) is 4.80. The van der Waals surface area contributed by atoms with Gasteiger partial charge in [0.2, 0.25) is 5.91 Å². The summed E-state index contributed by atoms with van der Waals surface area (Å²) in [7, 11) is 0. The molecule has 28 heavy (non-hydrogen) atoms. The zero-order chi connectivity index (χ0) is 20.3. The fraction of sp³-hybridized carbons (Fsp3) is 0.273. The van der Waals surface area contributed by atoms with Gasteiger partial charge in [0.25, 0.3) is 0 Å². The highest BCUT2D eigenvalue weighted by Crippen LogP contribution is 2.32. The fourth-order valence-corrected chi connectivity index (χ4v) is 3.30.